The molecule has 0 saturated heterocycles. The number of hydrogen-bond acceptors (Lipinski definition) is 7. The topological polar surface area (TPSA) is 144 Å². The number of urea groups is 1. The van der Waals surface area contributed by atoms with Crippen LogP contribution in [0, 0.1) is 6.92 Å². The van der Waals surface area contributed by atoms with Crippen molar-refractivity contribution in [3.8, 4) is 28.5 Å². The van der Waals surface area contributed by atoms with E-state index in [2.05, 4.69) is 45.6 Å². The van der Waals surface area contributed by atoms with Crippen LogP contribution < -0.4 is 10.6 Å². The van der Waals surface area contributed by atoms with Crippen LogP contribution in [-0.2, 0) is 7.05 Å². The van der Waals surface area contributed by atoms with Crippen molar-refractivity contribution in [2.75, 3.05) is 10.6 Å². The summed E-state index contributed by atoms with van der Waals surface area (Å²) in [5.74, 6) is 1.86. The highest BCUT2D eigenvalue weighted by atomic mass is 16.2. The molecule has 3 N–H and O–H groups in total. The lowest BCUT2D eigenvalue weighted by molar-refractivity contribution is 0.262. The van der Waals surface area contributed by atoms with Gasteiger partial charge in [-0.15, -0.1) is 0 Å². The molecule has 6 aromatic rings. The summed E-state index contributed by atoms with van der Waals surface area (Å²) in [4.78, 5) is 37.6. The molecule has 1 aromatic carbocycles. The summed E-state index contributed by atoms with van der Waals surface area (Å²) in [6.07, 6.45) is 8.49. The molecule has 182 valence electrons. The number of carbonyl (C=O) groups excluding carboxylic acids is 1. The van der Waals surface area contributed by atoms with Crippen molar-refractivity contribution in [2.45, 2.75) is 6.92 Å². The molecule has 0 unspecified atom stereocenters. The molecule has 0 atom stereocenters. The Morgan fingerprint density at radius 2 is 1.89 bits per heavy atom. The number of pyridine rings is 1. The number of carbonyl (C=O) groups is 1. The second-order valence-electron chi connectivity index (χ2n) is 8.34. The normalized spacial score (nSPS) is 11.1. The van der Waals surface area contributed by atoms with E-state index >= 15 is 0 Å². The van der Waals surface area contributed by atoms with Crippen LogP contribution in [0.1, 0.15) is 5.69 Å². The van der Waals surface area contributed by atoms with E-state index in [1.54, 1.807) is 48.6 Å². The van der Waals surface area contributed by atoms with E-state index in [-0.39, 0.29) is 6.03 Å². The molecule has 0 aliphatic rings. The molecular weight excluding hydrogens is 470 g/mol. The van der Waals surface area contributed by atoms with Crippen LogP contribution in [0.15, 0.2) is 73.7 Å². The number of imidazole rings is 2. The lowest BCUT2D eigenvalue weighted by atomic mass is 10.2. The van der Waals surface area contributed by atoms with Gasteiger partial charge in [0.25, 0.3) is 0 Å². The third-order valence-electron chi connectivity index (χ3n) is 5.72. The molecule has 0 aliphatic heterocycles. The third kappa shape index (κ3) is 4.38. The van der Waals surface area contributed by atoms with E-state index in [4.69, 9.17) is 0 Å². The number of nitrogens with zero attached hydrogens (tertiary/aromatic N) is 8. The fourth-order valence-corrected chi connectivity index (χ4v) is 3.92. The first kappa shape index (κ1) is 22.1. The first-order chi connectivity index (χ1) is 18.0. The van der Waals surface area contributed by atoms with Gasteiger partial charge in [0.2, 0.25) is 0 Å². The first-order valence-corrected chi connectivity index (χ1v) is 11.4. The molecule has 0 saturated carbocycles. The largest absolute Gasteiger partial charge is 0.334 e. The zero-order valence-corrected chi connectivity index (χ0v) is 19.9. The number of nitrogens with one attached hydrogen (secondary N) is 3. The number of amides is 2. The molecule has 12 heteroatoms. The number of aryl methyl sites for hydroxylation is 2. The fourth-order valence-electron chi connectivity index (χ4n) is 3.92. The predicted octanol–water partition coefficient (Wildman–Crippen LogP) is 3.95. The van der Waals surface area contributed by atoms with E-state index in [9.17, 15) is 4.79 Å². The number of rotatable bonds is 5. The summed E-state index contributed by atoms with van der Waals surface area (Å²) < 4.78 is 3.43. The van der Waals surface area contributed by atoms with Crippen molar-refractivity contribution < 1.29 is 4.79 Å². The van der Waals surface area contributed by atoms with Crippen LogP contribution in [0.5, 0.6) is 0 Å². The molecule has 0 bridgehead atoms. The maximum absolute atomic E-state index is 12.6. The second-order valence-corrected chi connectivity index (χ2v) is 8.34. The monoisotopic (exact) mass is 491 g/mol. The average molecular weight is 492 g/mol. The molecule has 2 amide bonds. The Balaban J connectivity index is 1.17. The van der Waals surface area contributed by atoms with E-state index in [1.807, 2.05) is 42.0 Å². The van der Waals surface area contributed by atoms with Crippen molar-refractivity contribution in [3.05, 3.63) is 79.4 Å². The van der Waals surface area contributed by atoms with Crippen LogP contribution in [0.3, 0.4) is 0 Å². The van der Waals surface area contributed by atoms with Gasteiger partial charge in [0.15, 0.2) is 11.5 Å². The molecule has 37 heavy (non-hydrogen) atoms. The Bertz CT molecular complexity index is 1720. The lowest BCUT2D eigenvalue weighted by Crippen LogP contribution is -2.20. The van der Waals surface area contributed by atoms with Gasteiger partial charge in [0, 0.05) is 48.5 Å². The predicted molar refractivity (Wildman–Crippen MR) is 138 cm³/mol. The van der Waals surface area contributed by atoms with Crippen LogP contribution in [-0.4, -0.2) is 50.3 Å². The van der Waals surface area contributed by atoms with Gasteiger partial charge in [-0.25, -0.2) is 24.7 Å². The van der Waals surface area contributed by atoms with Gasteiger partial charge in [-0.2, -0.15) is 5.10 Å². The minimum Gasteiger partial charge on any atom is -0.334 e. The molecule has 6 rings (SSSR count). The first-order valence-electron chi connectivity index (χ1n) is 11.4. The van der Waals surface area contributed by atoms with Crippen molar-refractivity contribution in [2.24, 2.45) is 7.05 Å². The number of benzene rings is 1. The van der Waals surface area contributed by atoms with Crippen molar-refractivity contribution >= 4 is 28.7 Å². The molecule has 0 aliphatic carbocycles. The highest BCUT2D eigenvalue weighted by Gasteiger charge is 2.14. The van der Waals surface area contributed by atoms with Crippen molar-refractivity contribution in [1.29, 1.82) is 0 Å². The summed E-state index contributed by atoms with van der Waals surface area (Å²) in [6, 6.07) is 12.5. The summed E-state index contributed by atoms with van der Waals surface area (Å²) >= 11 is 0. The minimum atomic E-state index is -0.382. The van der Waals surface area contributed by atoms with E-state index in [0.717, 1.165) is 22.5 Å². The summed E-state index contributed by atoms with van der Waals surface area (Å²) in [7, 11) is 1.77. The SMILES string of the molecule is Cc1cn(-c2ncnc3nc(-c4ccc(NC(=O)Nc5cc(-c6cccnc6)nn5C)cc4)[nH]c23)cn1. The van der Waals surface area contributed by atoms with E-state index in [0.29, 0.717) is 34.3 Å². The second kappa shape index (κ2) is 9.00. The van der Waals surface area contributed by atoms with Crippen LogP contribution in [0.2, 0.25) is 0 Å². The Labute approximate surface area is 210 Å². The Morgan fingerprint density at radius 3 is 2.65 bits per heavy atom. The quantitative estimate of drug-likeness (QED) is 0.331. The number of hydrogen-bond donors (Lipinski definition) is 3. The van der Waals surface area contributed by atoms with Gasteiger partial charge in [-0.05, 0) is 43.3 Å². The number of aromatic nitrogens is 9. The smallest absolute Gasteiger partial charge is 0.324 e. The molecule has 0 radical (unpaired) electrons. The molecular formula is C25H21N11O. The molecule has 0 spiro atoms. The number of H-pyrrole nitrogens is 1. The fraction of sp³-hybridized carbons (Fsp3) is 0.0800. The van der Waals surface area contributed by atoms with Crippen molar-refractivity contribution in [1.82, 2.24) is 44.3 Å². The maximum atomic E-state index is 12.6. The zero-order chi connectivity index (χ0) is 25.4. The standard InChI is InChI=1S/C25H21N11O/c1-15-12-36(14-29-15)24-21-23(27-13-28-24)33-22(32-21)16-5-7-18(8-6-16)30-25(37)31-20-10-19(34-35(20)2)17-4-3-9-26-11-17/h3-14H,1-2H3,(H2,30,31,37)(H,27,28,32,33). The van der Waals surface area contributed by atoms with Crippen LogP contribution >= 0.6 is 0 Å². The zero-order valence-electron chi connectivity index (χ0n) is 19.9. The summed E-state index contributed by atoms with van der Waals surface area (Å²) in [6.45, 7) is 1.92. The van der Waals surface area contributed by atoms with Gasteiger partial charge in [0.05, 0.1) is 11.4 Å². The number of fused-ring (bicyclic) bond motifs is 1. The van der Waals surface area contributed by atoms with Crippen LogP contribution in [0.4, 0.5) is 16.3 Å². The minimum absolute atomic E-state index is 0.382. The molecule has 0 fully saturated rings. The van der Waals surface area contributed by atoms with Gasteiger partial charge in [-0.3, -0.25) is 19.5 Å². The van der Waals surface area contributed by atoms with Gasteiger partial charge in [-0.1, -0.05) is 0 Å². The number of anilines is 2. The van der Waals surface area contributed by atoms with E-state index in [1.165, 1.54) is 6.33 Å². The van der Waals surface area contributed by atoms with E-state index < -0.39 is 0 Å². The Kier molecular flexibility index (Phi) is 5.37. The molecule has 5 aromatic heterocycles. The van der Waals surface area contributed by atoms with Gasteiger partial charge >= 0.3 is 6.03 Å². The highest BCUT2D eigenvalue weighted by molar-refractivity contribution is 5.99. The Morgan fingerprint density at radius 1 is 1.03 bits per heavy atom. The van der Waals surface area contributed by atoms with Crippen molar-refractivity contribution in [3.63, 3.8) is 0 Å². The van der Waals surface area contributed by atoms with Gasteiger partial charge in [0.1, 0.15) is 29.8 Å². The summed E-state index contributed by atoms with van der Waals surface area (Å²) in [5.41, 5.74) is 5.19. The molecule has 12 nitrogen and oxygen atoms in total. The summed E-state index contributed by atoms with van der Waals surface area (Å²) in [5, 5.41) is 10.1. The van der Waals surface area contributed by atoms with Crippen LogP contribution in [0.25, 0.3) is 39.6 Å². The molecule has 5 heterocycles. The maximum Gasteiger partial charge on any atom is 0.324 e. The third-order valence-corrected chi connectivity index (χ3v) is 5.72. The Hall–Kier alpha value is -5.39. The van der Waals surface area contributed by atoms with Gasteiger partial charge < -0.3 is 10.3 Å². The highest BCUT2D eigenvalue weighted by Crippen LogP contribution is 2.24. The number of aromatic amines is 1. The lowest BCUT2D eigenvalue weighted by Gasteiger charge is -2.08. The average Bonchev–Trinajstić information content (AvgIpc) is 3.63.